The molecule has 2 atom stereocenters. The minimum absolute atomic E-state index is 0.154. The highest BCUT2D eigenvalue weighted by atomic mass is 35.5. The summed E-state index contributed by atoms with van der Waals surface area (Å²) in [6.07, 6.45) is 5.34. The fourth-order valence-corrected chi connectivity index (χ4v) is 6.62. The number of rotatable bonds is 7. The van der Waals surface area contributed by atoms with Gasteiger partial charge in [-0.2, -0.15) is 4.98 Å². The quantitative estimate of drug-likeness (QED) is 0.447. The Morgan fingerprint density at radius 3 is 2.57 bits per heavy atom. The number of nitrogens with one attached hydrogen (secondary N) is 1. The Morgan fingerprint density at radius 1 is 1.11 bits per heavy atom. The third-order valence-corrected chi connectivity index (χ3v) is 9.01. The molecule has 1 aromatic heterocycles. The zero-order valence-corrected chi connectivity index (χ0v) is 22.6. The number of halogens is 3. The predicted octanol–water partition coefficient (Wildman–Crippen LogP) is 6.05. The lowest BCUT2D eigenvalue weighted by atomic mass is 9.76. The van der Waals surface area contributed by atoms with E-state index in [1.807, 2.05) is 19.1 Å². The molecule has 3 heterocycles. The van der Waals surface area contributed by atoms with Crippen LogP contribution in [0.2, 0.25) is 15.1 Å². The van der Waals surface area contributed by atoms with Crippen molar-refractivity contribution in [2.45, 2.75) is 58.2 Å². The second kappa shape index (κ2) is 10.6. The van der Waals surface area contributed by atoms with E-state index >= 15 is 0 Å². The van der Waals surface area contributed by atoms with Crippen LogP contribution in [0.15, 0.2) is 18.2 Å². The van der Waals surface area contributed by atoms with Gasteiger partial charge in [-0.1, -0.05) is 47.8 Å². The van der Waals surface area contributed by atoms with Crippen LogP contribution in [0.5, 0.6) is 0 Å². The number of anilines is 2. The van der Waals surface area contributed by atoms with Crippen LogP contribution < -0.4 is 10.2 Å². The number of aromatic nitrogens is 2. The van der Waals surface area contributed by atoms with Gasteiger partial charge in [0.1, 0.15) is 5.02 Å². The molecule has 2 N–H and O–H groups in total. The minimum atomic E-state index is -0.242. The first-order chi connectivity index (χ1) is 16.8. The molecule has 1 saturated carbocycles. The third kappa shape index (κ3) is 5.37. The van der Waals surface area contributed by atoms with Gasteiger partial charge in [0.25, 0.3) is 0 Å². The van der Waals surface area contributed by atoms with E-state index in [1.165, 1.54) is 38.8 Å². The lowest BCUT2D eigenvalue weighted by Gasteiger charge is -2.50. The number of nitrogens with zero attached hydrogens (tertiary/aromatic N) is 4. The lowest BCUT2D eigenvalue weighted by molar-refractivity contribution is 0.0294. The van der Waals surface area contributed by atoms with E-state index in [1.54, 1.807) is 6.07 Å². The topological polar surface area (TPSA) is 64.5 Å². The van der Waals surface area contributed by atoms with Crippen molar-refractivity contribution in [3.8, 4) is 0 Å². The van der Waals surface area contributed by atoms with E-state index < -0.39 is 0 Å². The van der Waals surface area contributed by atoms with Crippen molar-refractivity contribution >= 4 is 46.6 Å². The molecular weight excluding hydrogens is 505 g/mol. The number of aliphatic hydroxyl groups excluding tert-OH is 1. The Morgan fingerprint density at radius 2 is 1.89 bits per heavy atom. The lowest BCUT2D eigenvalue weighted by Crippen LogP contribution is -2.56. The maximum Gasteiger partial charge on any atom is 0.227 e. The fourth-order valence-electron chi connectivity index (χ4n) is 5.85. The maximum atomic E-state index is 9.89. The summed E-state index contributed by atoms with van der Waals surface area (Å²) in [5.74, 6) is 3.42. The molecule has 9 heteroatoms. The molecule has 3 aliphatic rings. The van der Waals surface area contributed by atoms with Crippen LogP contribution in [0.3, 0.4) is 0 Å². The summed E-state index contributed by atoms with van der Waals surface area (Å²) < 4.78 is 0. The molecule has 5 rings (SSSR count). The summed E-state index contributed by atoms with van der Waals surface area (Å²) in [6, 6.07) is 6.08. The SMILES string of the molecule is CC1CC(N2CCC[C@H](C3CN(c4nc(CO)c(Cl)c(N[C@H](C)c5ccc(Cl)cc5Cl)n4)C3)C2)C1. The van der Waals surface area contributed by atoms with Crippen molar-refractivity contribution in [1.82, 2.24) is 14.9 Å². The molecule has 0 spiro atoms. The molecular formula is C26H34Cl3N5O. The van der Waals surface area contributed by atoms with Crippen LogP contribution in [-0.4, -0.2) is 52.2 Å². The highest BCUT2D eigenvalue weighted by Crippen LogP contribution is 2.39. The van der Waals surface area contributed by atoms with Gasteiger partial charge in [-0.15, -0.1) is 0 Å². The van der Waals surface area contributed by atoms with Crippen LogP contribution in [0, 0.1) is 17.8 Å². The molecule has 0 bridgehead atoms. The summed E-state index contributed by atoms with van der Waals surface area (Å²) in [6.45, 7) is 8.49. The molecule has 35 heavy (non-hydrogen) atoms. The highest BCUT2D eigenvalue weighted by molar-refractivity contribution is 6.35. The second-order valence-corrected chi connectivity index (χ2v) is 11.8. The fraction of sp³-hybridized carbons (Fsp3) is 0.615. The van der Waals surface area contributed by atoms with Gasteiger partial charge in [0.2, 0.25) is 5.95 Å². The molecule has 1 aliphatic carbocycles. The van der Waals surface area contributed by atoms with Gasteiger partial charge >= 0.3 is 0 Å². The van der Waals surface area contributed by atoms with E-state index in [0.717, 1.165) is 36.5 Å². The molecule has 1 aromatic carbocycles. The molecule has 2 aromatic rings. The van der Waals surface area contributed by atoms with Gasteiger partial charge in [0, 0.05) is 35.7 Å². The number of aliphatic hydroxyl groups is 1. The smallest absolute Gasteiger partial charge is 0.227 e. The number of hydrogen-bond donors (Lipinski definition) is 2. The van der Waals surface area contributed by atoms with Crippen molar-refractivity contribution < 1.29 is 5.11 Å². The first-order valence-electron chi connectivity index (χ1n) is 12.7. The van der Waals surface area contributed by atoms with E-state index in [4.69, 9.17) is 39.8 Å². The number of benzene rings is 1. The molecule has 0 unspecified atom stereocenters. The number of hydrogen-bond acceptors (Lipinski definition) is 6. The van der Waals surface area contributed by atoms with Gasteiger partial charge < -0.3 is 20.2 Å². The van der Waals surface area contributed by atoms with Crippen LogP contribution in [0.4, 0.5) is 11.8 Å². The molecule has 3 fully saturated rings. The standard InChI is InChI=1S/C26H34Cl3N5O/c1-15-8-20(9-15)33-7-3-4-17(11-33)18-12-34(13-18)26-31-23(14-35)24(29)25(32-26)30-16(2)21-6-5-19(27)10-22(21)28/h5-6,10,15-18,20,35H,3-4,7-9,11-14H2,1-2H3,(H,30,31,32)/t15?,16-,17+,20?/m1/s1. The largest absolute Gasteiger partial charge is 0.390 e. The van der Waals surface area contributed by atoms with Crippen LogP contribution >= 0.6 is 34.8 Å². The van der Waals surface area contributed by atoms with Crippen molar-refractivity contribution in [1.29, 1.82) is 0 Å². The molecule has 190 valence electrons. The van der Waals surface area contributed by atoms with Gasteiger partial charge in [-0.05, 0) is 74.6 Å². The summed E-state index contributed by atoms with van der Waals surface area (Å²) in [5, 5.41) is 14.7. The minimum Gasteiger partial charge on any atom is -0.390 e. The zero-order chi connectivity index (χ0) is 24.7. The van der Waals surface area contributed by atoms with Gasteiger partial charge in [-0.3, -0.25) is 0 Å². The summed E-state index contributed by atoms with van der Waals surface area (Å²) in [5.41, 5.74) is 1.32. The molecule has 2 aliphatic heterocycles. The van der Waals surface area contributed by atoms with Crippen molar-refractivity contribution in [2.75, 3.05) is 36.4 Å². The highest BCUT2D eigenvalue weighted by Gasteiger charge is 2.40. The molecule has 0 radical (unpaired) electrons. The molecule has 6 nitrogen and oxygen atoms in total. The Kier molecular flexibility index (Phi) is 7.67. The number of likely N-dealkylation sites (tertiary alicyclic amines) is 1. The third-order valence-electron chi connectivity index (χ3n) is 8.05. The molecule has 0 amide bonds. The number of piperidine rings is 1. The second-order valence-electron chi connectivity index (χ2n) is 10.6. The summed E-state index contributed by atoms with van der Waals surface area (Å²) in [4.78, 5) is 14.3. The monoisotopic (exact) mass is 537 g/mol. The van der Waals surface area contributed by atoms with Crippen LogP contribution in [0.1, 0.15) is 56.8 Å². The van der Waals surface area contributed by atoms with E-state index in [-0.39, 0.29) is 12.6 Å². The first-order valence-corrected chi connectivity index (χ1v) is 13.8. The Labute approximate surface area is 223 Å². The van der Waals surface area contributed by atoms with Gasteiger partial charge in [0.15, 0.2) is 5.82 Å². The van der Waals surface area contributed by atoms with Crippen molar-refractivity contribution in [3.63, 3.8) is 0 Å². The van der Waals surface area contributed by atoms with E-state index in [2.05, 4.69) is 27.0 Å². The van der Waals surface area contributed by atoms with Gasteiger partial charge in [-0.25, -0.2) is 4.98 Å². The predicted molar refractivity (Wildman–Crippen MR) is 144 cm³/mol. The van der Waals surface area contributed by atoms with E-state index in [0.29, 0.717) is 38.4 Å². The van der Waals surface area contributed by atoms with Gasteiger partial charge in [0.05, 0.1) is 18.3 Å². The summed E-state index contributed by atoms with van der Waals surface area (Å²) in [7, 11) is 0. The Balaban J connectivity index is 1.25. The zero-order valence-electron chi connectivity index (χ0n) is 20.4. The summed E-state index contributed by atoms with van der Waals surface area (Å²) >= 11 is 19.0. The average Bonchev–Trinajstić information content (AvgIpc) is 2.78. The Bertz CT molecular complexity index is 1060. The van der Waals surface area contributed by atoms with Crippen LogP contribution in [0.25, 0.3) is 0 Å². The normalized spacial score (nSPS) is 26.2. The maximum absolute atomic E-state index is 9.89. The first kappa shape index (κ1) is 25.3. The van der Waals surface area contributed by atoms with Crippen LogP contribution in [-0.2, 0) is 6.61 Å². The average molecular weight is 539 g/mol. The Hall–Kier alpha value is -1.31. The van der Waals surface area contributed by atoms with Crippen molar-refractivity contribution in [3.05, 3.63) is 44.5 Å². The van der Waals surface area contributed by atoms with Crippen molar-refractivity contribution in [2.24, 2.45) is 17.8 Å². The van der Waals surface area contributed by atoms with E-state index in [9.17, 15) is 5.11 Å². The molecule has 2 saturated heterocycles.